The van der Waals surface area contributed by atoms with E-state index in [1.165, 1.54) is 10.8 Å². The van der Waals surface area contributed by atoms with Gasteiger partial charge in [-0.2, -0.15) is 0 Å². The van der Waals surface area contributed by atoms with Crippen LogP contribution < -0.4 is 0 Å². The number of aromatic nitrogens is 8. The van der Waals surface area contributed by atoms with Crippen molar-refractivity contribution >= 4 is 32.4 Å². The van der Waals surface area contributed by atoms with Gasteiger partial charge in [0.05, 0.1) is 11.1 Å². The molecule has 196 valence electrons. The maximum atomic E-state index is 5.01. The summed E-state index contributed by atoms with van der Waals surface area (Å²) in [4.78, 5) is 37.2. The summed E-state index contributed by atoms with van der Waals surface area (Å²) in [7, 11) is 0. The van der Waals surface area contributed by atoms with Gasteiger partial charge in [0.15, 0.2) is 23.3 Å². The fourth-order valence-corrected chi connectivity index (χ4v) is 5.21. The first kappa shape index (κ1) is 23.8. The molecule has 0 aliphatic carbocycles. The second-order valence-corrected chi connectivity index (χ2v) is 9.77. The SMILES string of the molecule is c1cncc(-c2nc(-c3cccnc3)nc(-c3cnc(-c4nc5ccccc5c5c4ccc4ccccc45)nc3)n2)c1. The van der Waals surface area contributed by atoms with Crippen molar-refractivity contribution in [1.82, 2.24) is 39.9 Å². The molecular weight excluding hydrogens is 520 g/mol. The van der Waals surface area contributed by atoms with E-state index in [-0.39, 0.29) is 0 Å². The van der Waals surface area contributed by atoms with E-state index in [0.29, 0.717) is 28.9 Å². The molecule has 5 heterocycles. The Balaban J connectivity index is 1.28. The Hall–Kier alpha value is -6.02. The van der Waals surface area contributed by atoms with Crippen molar-refractivity contribution in [3.8, 4) is 45.7 Å². The van der Waals surface area contributed by atoms with E-state index in [9.17, 15) is 0 Å². The summed E-state index contributed by atoms with van der Waals surface area (Å²) < 4.78 is 0. The number of hydrogen-bond donors (Lipinski definition) is 0. The van der Waals surface area contributed by atoms with Crippen molar-refractivity contribution < 1.29 is 0 Å². The molecule has 0 N–H and O–H groups in total. The van der Waals surface area contributed by atoms with Gasteiger partial charge in [0.1, 0.15) is 5.69 Å². The molecule has 0 spiro atoms. The summed E-state index contributed by atoms with van der Waals surface area (Å²) in [5.41, 5.74) is 3.84. The standard InChI is InChI=1S/C34H20N8/c1-2-10-25-21(7-1)13-14-27-29(25)26-11-3-4-12-28(26)39-30(27)34-37-19-24(20-38-34)33-41-31(22-8-5-15-35-17-22)40-32(42-33)23-9-6-16-36-18-23/h1-20H. The molecule has 0 amide bonds. The summed E-state index contributed by atoms with van der Waals surface area (Å²) in [6.45, 7) is 0. The molecule has 0 saturated heterocycles. The summed E-state index contributed by atoms with van der Waals surface area (Å²) in [5, 5.41) is 5.58. The zero-order chi connectivity index (χ0) is 27.9. The van der Waals surface area contributed by atoms with Gasteiger partial charge >= 0.3 is 0 Å². The molecule has 8 heteroatoms. The average Bonchev–Trinajstić information content (AvgIpc) is 3.08. The van der Waals surface area contributed by atoms with E-state index in [1.807, 2.05) is 42.5 Å². The van der Waals surface area contributed by atoms with Crippen LogP contribution in [0.3, 0.4) is 0 Å². The van der Waals surface area contributed by atoms with E-state index in [4.69, 9.17) is 29.9 Å². The van der Waals surface area contributed by atoms with Crippen molar-refractivity contribution in [1.29, 1.82) is 0 Å². The third-order valence-electron chi connectivity index (χ3n) is 7.19. The molecule has 0 atom stereocenters. The molecule has 0 fully saturated rings. The first-order chi connectivity index (χ1) is 20.8. The second kappa shape index (κ2) is 9.87. The first-order valence-corrected chi connectivity index (χ1v) is 13.4. The molecular formula is C34H20N8. The highest BCUT2D eigenvalue weighted by atomic mass is 15.0. The Morgan fingerprint density at radius 2 is 1.02 bits per heavy atom. The lowest BCUT2D eigenvalue weighted by molar-refractivity contribution is 1.05. The molecule has 0 aliphatic heterocycles. The number of pyridine rings is 3. The van der Waals surface area contributed by atoms with Crippen LogP contribution in [0.1, 0.15) is 0 Å². The van der Waals surface area contributed by atoms with Crippen LogP contribution >= 0.6 is 0 Å². The van der Waals surface area contributed by atoms with Crippen LogP contribution in [0.15, 0.2) is 122 Å². The van der Waals surface area contributed by atoms with Gasteiger partial charge in [-0.15, -0.1) is 0 Å². The predicted molar refractivity (Wildman–Crippen MR) is 163 cm³/mol. The van der Waals surface area contributed by atoms with E-state index in [1.54, 1.807) is 37.2 Å². The Kier molecular flexibility index (Phi) is 5.60. The molecule has 42 heavy (non-hydrogen) atoms. The quantitative estimate of drug-likeness (QED) is 0.220. The second-order valence-electron chi connectivity index (χ2n) is 9.77. The number of fused-ring (bicyclic) bond motifs is 5. The normalized spacial score (nSPS) is 11.3. The number of benzene rings is 3. The number of nitrogens with zero attached hydrogens (tertiary/aromatic N) is 8. The maximum Gasteiger partial charge on any atom is 0.178 e. The predicted octanol–water partition coefficient (Wildman–Crippen LogP) is 6.97. The maximum absolute atomic E-state index is 5.01. The summed E-state index contributed by atoms with van der Waals surface area (Å²) in [5.74, 6) is 1.99. The number of rotatable bonds is 4. The van der Waals surface area contributed by atoms with Gasteiger partial charge in [-0.05, 0) is 41.1 Å². The fourth-order valence-electron chi connectivity index (χ4n) is 5.21. The van der Waals surface area contributed by atoms with Crippen LogP contribution in [-0.4, -0.2) is 39.9 Å². The van der Waals surface area contributed by atoms with Gasteiger partial charge in [-0.3, -0.25) is 9.97 Å². The van der Waals surface area contributed by atoms with Crippen LogP contribution in [0.25, 0.3) is 78.1 Å². The molecule has 0 unspecified atom stereocenters. The molecule has 0 radical (unpaired) electrons. The van der Waals surface area contributed by atoms with E-state index >= 15 is 0 Å². The Morgan fingerprint density at radius 1 is 0.405 bits per heavy atom. The average molecular weight is 541 g/mol. The lowest BCUT2D eigenvalue weighted by atomic mass is 9.97. The van der Waals surface area contributed by atoms with Crippen LogP contribution in [0.5, 0.6) is 0 Å². The van der Waals surface area contributed by atoms with Crippen LogP contribution in [0, 0.1) is 0 Å². The molecule has 8 nitrogen and oxygen atoms in total. The Bertz CT molecular complexity index is 2160. The molecule has 0 aliphatic rings. The number of para-hydroxylation sites is 1. The van der Waals surface area contributed by atoms with Gasteiger partial charge in [0.2, 0.25) is 0 Å². The highest BCUT2D eigenvalue weighted by Gasteiger charge is 2.17. The van der Waals surface area contributed by atoms with Crippen LogP contribution in [-0.2, 0) is 0 Å². The van der Waals surface area contributed by atoms with Crippen LogP contribution in [0.2, 0.25) is 0 Å². The zero-order valence-corrected chi connectivity index (χ0v) is 22.1. The largest absolute Gasteiger partial charge is 0.264 e. The summed E-state index contributed by atoms with van der Waals surface area (Å²) in [6, 6.07) is 28.4. The smallest absolute Gasteiger partial charge is 0.178 e. The lowest BCUT2D eigenvalue weighted by Crippen LogP contribution is -2.02. The summed E-state index contributed by atoms with van der Waals surface area (Å²) in [6.07, 6.45) is 10.4. The van der Waals surface area contributed by atoms with Gasteiger partial charge in [0, 0.05) is 64.5 Å². The topological polar surface area (TPSA) is 103 Å². The molecule has 0 bridgehead atoms. The van der Waals surface area contributed by atoms with Crippen molar-refractivity contribution in [2.24, 2.45) is 0 Å². The lowest BCUT2D eigenvalue weighted by Gasteiger charge is -2.12. The molecule has 8 aromatic rings. The Morgan fingerprint density at radius 3 is 1.69 bits per heavy atom. The minimum absolute atomic E-state index is 0.455. The molecule has 5 aromatic heterocycles. The number of hydrogen-bond acceptors (Lipinski definition) is 8. The molecule has 8 rings (SSSR count). The third kappa shape index (κ3) is 4.10. The third-order valence-corrected chi connectivity index (χ3v) is 7.19. The van der Waals surface area contributed by atoms with E-state index in [2.05, 4.69) is 52.4 Å². The monoisotopic (exact) mass is 540 g/mol. The van der Waals surface area contributed by atoms with Gasteiger partial charge in [0.25, 0.3) is 0 Å². The molecule has 0 saturated carbocycles. The molecule has 3 aromatic carbocycles. The van der Waals surface area contributed by atoms with Crippen molar-refractivity contribution in [3.63, 3.8) is 0 Å². The van der Waals surface area contributed by atoms with Crippen molar-refractivity contribution in [2.75, 3.05) is 0 Å². The van der Waals surface area contributed by atoms with Crippen molar-refractivity contribution in [3.05, 3.63) is 122 Å². The van der Waals surface area contributed by atoms with Gasteiger partial charge < -0.3 is 0 Å². The van der Waals surface area contributed by atoms with Gasteiger partial charge in [-0.1, -0.05) is 54.6 Å². The highest BCUT2D eigenvalue weighted by Crippen LogP contribution is 2.36. The minimum Gasteiger partial charge on any atom is -0.264 e. The zero-order valence-electron chi connectivity index (χ0n) is 22.1. The highest BCUT2D eigenvalue weighted by molar-refractivity contribution is 6.22. The summed E-state index contributed by atoms with van der Waals surface area (Å²) >= 11 is 0. The van der Waals surface area contributed by atoms with Crippen molar-refractivity contribution in [2.45, 2.75) is 0 Å². The van der Waals surface area contributed by atoms with Gasteiger partial charge in [-0.25, -0.2) is 29.9 Å². The first-order valence-electron chi connectivity index (χ1n) is 13.4. The van der Waals surface area contributed by atoms with E-state index < -0.39 is 0 Å². The van der Waals surface area contributed by atoms with Crippen LogP contribution in [0.4, 0.5) is 0 Å². The Labute approximate surface area is 239 Å². The minimum atomic E-state index is 0.455. The van der Waals surface area contributed by atoms with E-state index in [0.717, 1.165) is 38.5 Å². The fraction of sp³-hybridized carbons (Fsp3) is 0.